The Morgan fingerprint density at radius 1 is 1.29 bits per heavy atom. The molecule has 0 aliphatic rings. The van der Waals surface area contributed by atoms with Crippen molar-refractivity contribution in [2.45, 2.75) is 20.3 Å². The number of carbonyl (C=O) groups is 1. The third-order valence-electron chi connectivity index (χ3n) is 2.61. The van der Waals surface area contributed by atoms with Crippen LogP contribution in [-0.2, 0) is 16.0 Å². The highest BCUT2D eigenvalue weighted by Crippen LogP contribution is 2.29. The Balaban J connectivity index is 2.04. The van der Waals surface area contributed by atoms with Crippen molar-refractivity contribution in [3.8, 4) is 5.75 Å². The third-order valence-corrected chi connectivity index (χ3v) is 3.42. The molecule has 0 bridgehead atoms. The zero-order valence-corrected chi connectivity index (χ0v) is 12.9. The van der Waals surface area contributed by atoms with E-state index in [0.29, 0.717) is 18.9 Å². The van der Waals surface area contributed by atoms with Gasteiger partial charge in [-0.3, -0.25) is 4.79 Å². The first-order chi connectivity index (χ1) is 10.2. The fraction of sp³-hybridized carbons (Fsp3) is 0.333. The van der Waals surface area contributed by atoms with E-state index in [1.165, 1.54) is 11.3 Å². The number of esters is 1. The predicted molar refractivity (Wildman–Crippen MR) is 83.3 cm³/mol. The minimum atomic E-state index is -0.260. The molecule has 5 nitrogen and oxygen atoms in total. The summed E-state index contributed by atoms with van der Waals surface area (Å²) in [5.41, 5.74) is 1.56. The molecule has 6 heteroatoms. The van der Waals surface area contributed by atoms with Gasteiger partial charge in [-0.25, -0.2) is 4.98 Å². The second-order valence-corrected chi connectivity index (χ2v) is 5.04. The van der Waals surface area contributed by atoms with Crippen LogP contribution in [0.4, 0.5) is 10.8 Å². The molecule has 0 saturated carbocycles. The summed E-state index contributed by atoms with van der Waals surface area (Å²) in [6.07, 6.45) is 0.194. The molecular formula is C15H18N2O3S. The van der Waals surface area contributed by atoms with E-state index < -0.39 is 0 Å². The summed E-state index contributed by atoms with van der Waals surface area (Å²) < 4.78 is 10.5. The van der Waals surface area contributed by atoms with E-state index in [1.807, 2.05) is 36.6 Å². The number of anilines is 2. The Morgan fingerprint density at radius 2 is 2.10 bits per heavy atom. The Morgan fingerprint density at radius 3 is 2.86 bits per heavy atom. The zero-order valence-electron chi connectivity index (χ0n) is 12.1. The molecule has 1 aromatic heterocycles. The number of para-hydroxylation sites is 2. The van der Waals surface area contributed by atoms with Crippen LogP contribution < -0.4 is 10.1 Å². The lowest BCUT2D eigenvalue weighted by Crippen LogP contribution is -2.07. The number of carbonyl (C=O) groups excluding carboxylic acids is 1. The first-order valence-electron chi connectivity index (χ1n) is 6.81. The maximum atomic E-state index is 11.4. The lowest BCUT2D eigenvalue weighted by molar-refractivity contribution is -0.142. The predicted octanol–water partition coefficient (Wildman–Crippen LogP) is 3.39. The van der Waals surface area contributed by atoms with Crippen LogP contribution in [0.15, 0.2) is 29.6 Å². The summed E-state index contributed by atoms with van der Waals surface area (Å²) in [5.74, 6) is 0.520. The topological polar surface area (TPSA) is 60.5 Å². The van der Waals surface area contributed by atoms with Crippen LogP contribution in [0.25, 0.3) is 0 Å². The molecule has 2 rings (SSSR count). The summed E-state index contributed by atoms with van der Waals surface area (Å²) in [7, 11) is 0. The average Bonchev–Trinajstić information content (AvgIpc) is 2.89. The quantitative estimate of drug-likeness (QED) is 0.795. The normalized spacial score (nSPS) is 10.2. The van der Waals surface area contributed by atoms with Gasteiger partial charge in [0, 0.05) is 5.38 Å². The van der Waals surface area contributed by atoms with Gasteiger partial charge in [0.15, 0.2) is 5.13 Å². The molecule has 112 valence electrons. The minimum Gasteiger partial charge on any atom is -0.492 e. The van der Waals surface area contributed by atoms with E-state index >= 15 is 0 Å². The van der Waals surface area contributed by atoms with Crippen molar-refractivity contribution < 1.29 is 14.3 Å². The Kier molecular flexibility index (Phi) is 5.57. The molecule has 0 aliphatic heterocycles. The molecule has 2 aromatic rings. The number of aromatic nitrogens is 1. The number of hydrogen-bond donors (Lipinski definition) is 1. The van der Waals surface area contributed by atoms with E-state index in [9.17, 15) is 4.79 Å². The standard InChI is InChI=1S/C15H18N2O3S/c1-3-19-13-8-6-5-7-12(13)17-15-16-11(10-21-15)9-14(18)20-4-2/h5-8,10H,3-4,9H2,1-2H3,(H,16,17). The smallest absolute Gasteiger partial charge is 0.311 e. The van der Waals surface area contributed by atoms with Gasteiger partial charge in [-0.1, -0.05) is 12.1 Å². The maximum Gasteiger partial charge on any atom is 0.311 e. The second-order valence-electron chi connectivity index (χ2n) is 4.18. The average molecular weight is 306 g/mol. The highest BCUT2D eigenvalue weighted by Gasteiger charge is 2.10. The number of hydrogen-bond acceptors (Lipinski definition) is 6. The van der Waals surface area contributed by atoms with Gasteiger partial charge in [0.05, 0.1) is 31.0 Å². The fourth-order valence-corrected chi connectivity index (χ4v) is 2.49. The van der Waals surface area contributed by atoms with Crippen molar-refractivity contribution in [3.63, 3.8) is 0 Å². The lowest BCUT2D eigenvalue weighted by Gasteiger charge is -2.09. The second kappa shape index (κ2) is 7.64. The van der Waals surface area contributed by atoms with Crippen LogP contribution in [-0.4, -0.2) is 24.2 Å². The van der Waals surface area contributed by atoms with Gasteiger partial charge in [0.1, 0.15) is 5.75 Å². The van der Waals surface area contributed by atoms with Gasteiger partial charge >= 0.3 is 5.97 Å². The summed E-state index contributed by atoms with van der Waals surface area (Å²) >= 11 is 1.45. The van der Waals surface area contributed by atoms with E-state index in [2.05, 4.69) is 10.3 Å². The van der Waals surface area contributed by atoms with Crippen LogP contribution in [0.3, 0.4) is 0 Å². The minimum absolute atomic E-state index is 0.194. The summed E-state index contributed by atoms with van der Waals surface area (Å²) in [6.45, 7) is 4.72. The first kappa shape index (κ1) is 15.3. The van der Waals surface area contributed by atoms with Crippen molar-refractivity contribution in [1.29, 1.82) is 0 Å². The van der Waals surface area contributed by atoms with E-state index in [0.717, 1.165) is 16.6 Å². The summed E-state index contributed by atoms with van der Waals surface area (Å²) in [5, 5.41) is 5.79. The number of thiazole rings is 1. The number of nitrogens with one attached hydrogen (secondary N) is 1. The molecule has 1 N–H and O–H groups in total. The third kappa shape index (κ3) is 4.46. The van der Waals surface area contributed by atoms with E-state index in [4.69, 9.17) is 9.47 Å². The Bertz CT molecular complexity index is 598. The molecule has 0 fully saturated rings. The fourth-order valence-electron chi connectivity index (χ4n) is 1.77. The largest absolute Gasteiger partial charge is 0.492 e. The van der Waals surface area contributed by atoms with Gasteiger partial charge in [-0.2, -0.15) is 0 Å². The van der Waals surface area contributed by atoms with Crippen LogP contribution in [0.2, 0.25) is 0 Å². The zero-order chi connectivity index (χ0) is 15.1. The summed E-state index contributed by atoms with van der Waals surface area (Å²) in [4.78, 5) is 15.8. The molecule has 0 atom stereocenters. The number of ether oxygens (including phenoxy) is 2. The number of benzene rings is 1. The van der Waals surface area contributed by atoms with Gasteiger partial charge in [0.25, 0.3) is 0 Å². The molecule has 0 unspecified atom stereocenters. The van der Waals surface area contributed by atoms with Gasteiger partial charge in [0.2, 0.25) is 0 Å². The summed E-state index contributed by atoms with van der Waals surface area (Å²) in [6, 6.07) is 7.68. The van der Waals surface area contributed by atoms with Crippen molar-refractivity contribution in [2.24, 2.45) is 0 Å². The monoisotopic (exact) mass is 306 g/mol. The molecule has 21 heavy (non-hydrogen) atoms. The molecule has 0 saturated heterocycles. The molecule has 0 amide bonds. The maximum absolute atomic E-state index is 11.4. The van der Waals surface area contributed by atoms with Crippen molar-refractivity contribution in [1.82, 2.24) is 4.98 Å². The van der Waals surface area contributed by atoms with E-state index in [-0.39, 0.29) is 12.4 Å². The molecule has 0 radical (unpaired) electrons. The van der Waals surface area contributed by atoms with Crippen molar-refractivity contribution in [3.05, 3.63) is 35.3 Å². The lowest BCUT2D eigenvalue weighted by atomic mass is 10.3. The molecule has 1 heterocycles. The van der Waals surface area contributed by atoms with E-state index in [1.54, 1.807) is 6.92 Å². The van der Waals surface area contributed by atoms with Crippen LogP contribution >= 0.6 is 11.3 Å². The first-order valence-corrected chi connectivity index (χ1v) is 7.69. The molecule has 1 aromatic carbocycles. The van der Waals surface area contributed by atoms with Crippen LogP contribution in [0, 0.1) is 0 Å². The van der Waals surface area contributed by atoms with Crippen molar-refractivity contribution in [2.75, 3.05) is 18.5 Å². The van der Waals surface area contributed by atoms with Crippen LogP contribution in [0.5, 0.6) is 5.75 Å². The molecule has 0 spiro atoms. The SMILES string of the molecule is CCOC(=O)Cc1csc(Nc2ccccc2OCC)n1. The number of rotatable bonds is 7. The van der Waals surface area contributed by atoms with Crippen molar-refractivity contribution >= 4 is 28.1 Å². The number of nitrogens with zero attached hydrogens (tertiary/aromatic N) is 1. The highest BCUT2D eigenvalue weighted by atomic mass is 32.1. The molecular weight excluding hydrogens is 288 g/mol. The van der Waals surface area contributed by atoms with Crippen LogP contribution in [0.1, 0.15) is 19.5 Å². The van der Waals surface area contributed by atoms with Gasteiger partial charge < -0.3 is 14.8 Å². The Hall–Kier alpha value is -2.08. The van der Waals surface area contributed by atoms with Gasteiger partial charge in [-0.05, 0) is 26.0 Å². The Labute approximate surface area is 127 Å². The molecule has 0 aliphatic carbocycles. The highest BCUT2D eigenvalue weighted by molar-refractivity contribution is 7.13. The van der Waals surface area contributed by atoms with Gasteiger partial charge in [-0.15, -0.1) is 11.3 Å².